The third-order valence-electron chi connectivity index (χ3n) is 4.59. The predicted molar refractivity (Wildman–Crippen MR) is 83.1 cm³/mol. The molecule has 102 valence electrons. The van der Waals surface area contributed by atoms with Gasteiger partial charge in [-0.2, -0.15) is 0 Å². The first kappa shape index (κ1) is 12.9. The van der Waals surface area contributed by atoms with E-state index >= 15 is 0 Å². The highest BCUT2D eigenvalue weighted by Crippen LogP contribution is 2.38. The number of aromatic amines is 1. The highest BCUT2D eigenvalue weighted by atomic mass is 32.1. The standard InChI is InChI=1S/C16H22N2S/c1-12-7-6-8-13-14(12)18(15(19)17-13)11-16(2)9-4-3-5-10-16/h6-8H,3-5,9-11H2,1-2H3,(H,17,19). The summed E-state index contributed by atoms with van der Waals surface area (Å²) < 4.78 is 3.20. The Morgan fingerprint density at radius 1 is 1.26 bits per heavy atom. The normalized spacial score (nSPS) is 18.8. The highest BCUT2D eigenvalue weighted by molar-refractivity contribution is 7.71. The summed E-state index contributed by atoms with van der Waals surface area (Å²) in [5.41, 5.74) is 4.18. The summed E-state index contributed by atoms with van der Waals surface area (Å²) in [7, 11) is 0. The Morgan fingerprint density at radius 3 is 2.74 bits per heavy atom. The molecule has 1 aliphatic carbocycles. The molecule has 1 saturated carbocycles. The van der Waals surface area contributed by atoms with E-state index in [1.54, 1.807) is 0 Å². The van der Waals surface area contributed by atoms with Crippen LogP contribution in [0, 0.1) is 17.1 Å². The van der Waals surface area contributed by atoms with Gasteiger partial charge in [-0.15, -0.1) is 0 Å². The largest absolute Gasteiger partial charge is 0.331 e. The van der Waals surface area contributed by atoms with E-state index in [2.05, 4.69) is 41.6 Å². The minimum absolute atomic E-state index is 0.411. The van der Waals surface area contributed by atoms with E-state index in [9.17, 15) is 0 Å². The van der Waals surface area contributed by atoms with Crippen LogP contribution in [0.4, 0.5) is 0 Å². The van der Waals surface area contributed by atoms with Gasteiger partial charge in [-0.25, -0.2) is 0 Å². The Morgan fingerprint density at radius 2 is 2.00 bits per heavy atom. The summed E-state index contributed by atoms with van der Waals surface area (Å²) in [6, 6.07) is 6.39. The number of aryl methyl sites for hydroxylation is 1. The van der Waals surface area contributed by atoms with Gasteiger partial charge in [0.1, 0.15) is 0 Å². The number of para-hydroxylation sites is 1. The lowest BCUT2D eigenvalue weighted by molar-refractivity contribution is 0.184. The Balaban J connectivity index is 2.05. The Bertz CT molecular complexity index is 644. The summed E-state index contributed by atoms with van der Waals surface area (Å²) in [5.74, 6) is 0. The molecule has 0 aliphatic heterocycles. The van der Waals surface area contributed by atoms with Gasteiger partial charge in [0, 0.05) is 6.54 Å². The molecule has 2 nitrogen and oxygen atoms in total. The fourth-order valence-electron chi connectivity index (χ4n) is 3.50. The van der Waals surface area contributed by atoms with Gasteiger partial charge >= 0.3 is 0 Å². The number of rotatable bonds is 2. The minimum atomic E-state index is 0.411. The number of fused-ring (bicyclic) bond motifs is 1. The number of H-pyrrole nitrogens is 1. The van der Waals surface area contributed by atoms with Crippen LogP contribution < -0.4 is 0 Å². The third-order valence-corrected chi connectivity index (χ3v) is 4.92. The van der Waals surface area contributed by atoms with Gasteiger partial charge < -0.3 is 9.55 Å². The zero-order valence-corrected chi connectivity index (χ0v) is 12.6. The topological polar surface area (TPSA) is 20.7 Å². The Hall–Kier alpha value is -1.09. The van der Waals surface area contributed by atoms with E-state index in [1.807, 2.05) is 0 Å². The van der Waals surface area contributed by atoms with Crippen molar-refractivity contribution in [1.29, 1.82) is 0 Å². The molecule has 2 aromatic rings. The van der Waals surface area contributed by atoms with Crippen LogP contribution in [0.1, 0.15) is 44.6 Å². The first-order valence-electron chi connectivity index (χ1n) is 7.27. The lowest BCUT2D eigenvalue weighted by Gasteiger charge is -2.34. The fourth-order valence-corrected chi connectivity index (χ4v) is 3.76. The van der Waals surface area contributed by atoms with Crippen molar-refractivity contribution in [1.82, 2.24) is 9.55 Å². The first-order valence-corrected chi connectivity index (χ1v) is 7.68. The van der Waals surface area contributed by atoms with Gasteiger partial charge in [0.05, 0.1) is 11.0 Å². The van der Waals surface area contributed by atoms with Crippen molar-refractivity contribution in [3.05, 3.63) is 28.5 Å². The monoisotopic (exact) mass is 274 g/mol. The van der Waals surface area contributed by atoms with Gasteiger partial charge in [0.2, 0.25) is 0 Å². The van der Waals surface area contributed by atoms with Crippen molar-refractivity contribution in [3.63, 3.8) is 0 Å². The fraction of sp³-hybridized carbons (Fsp3) is 0.562. The number of imidazole rings is 1. The zero-order chi connectivity index (χ0) is 13.5. The first-order chi connectivity index (χ1) is 9.09. The second kappa shape index (κ2) is 4.78. The lowest BCUT2D eigenvalue weighted by Crippen LogP contribution is -2.26. The van der Waals surface area contributed by atoms with Gasteiger partial charge in [0.25, 0.3) is 0 Å². The van der Waals surface area contributed by atoms with Crippen LogP contribution in [0.15, 0.2) is 18.2 Å². The third kappa shape index (κ3) is 2.36. The van der Waals surface area contributed by atoms with E-state index in [4.69, 9.17) is 12.2 Å². The smallest absolute Gasteiger partial charge is 0.178 e. The summed E-state index contributed by atoms with van der Waals surface area (Å²) in [6.45, 7) is 5.65. The molecule has 0 radical (unpaired) electrons. The molecule has 19 heavy (non-hydrogen) atoms. The van der Waals surface area contributed by atoms with E-state index in [0.717, 1.165) is 11.3 Å². The second-order valence-electron chi connectivity index (χ2n) is 6.36. The highest BCUT2D eigenvalue weighted by Gasteiger charge is 2.28. The molecular formula is C16H22N2S. The van der Waals surface area contributed by atoms with E-state index < -0.39 is 0 Å². The van der Waals surface area contributed by atoms with Crippen molar-refractivity contribution < 1.29 is 0 Å². The molecule has 1 heterocycles. The van der Waals surface area contributed by atoms with Gasteiger partial charge in [-0.3, -0.25) is 0 Å². The molecule has 0 atom stereocenters. The van der Waals surface area contributed by atoms with Crippen LogP contribution >= 0.6 is 12.2 Å². The molecule has 0 unspecified atom stereocenters. The van der Waals surface area contributed by atoms with Crippen molar-refractivity contribution >= 4 is 23.3 Å². The molecule has 1 aromatic heterocycles. The SMILES string of the molecule is Cc1cccc2[nH]c(=S)n(CC3(C)CCCCC3)c12. The molecule has 1 aromatic carbocycles. The maximum absolute atomic E-state index is 5.54. The molecule has 1 fully saturated rings. The summed E-state index contributed by atoms with van der Waals surface area (Å²) in [4.78, 5) is 3.35. The summed E-state index contributed by atoms with van der Waals surface area (Å²) in [6.07, 6.45) is 6.78. The lowest BCUT2D eigenvalue weighted by atomic mass is 9.75. The molecule has 3 heteroatoms. The van der Waals surface area contributed by atoms with Crippen molar-refractivity contribution in [2.24, 2.45) is 5.41 Å². The summed E-state index contributed by atoms with van der Waals surface area (Å²) in [5, 5.41) is 0. The average Bonchev–Trinajstić information content (AvgIpc) is 2.68. The van der Waals surface area contributed by atoms with Crippen LogP contribution in [0.25, 0.3) is 11.0 Å². The van der Waals surface area contributed by atoms with Crippen LogP contribution in [-0.4, -0.2) is 9.55 Å². The quantitative estimate of drug-likeness (QED) is 0.766. The van der Waals surface area contributed by atoms with Gasteiger partial charge in [-0.1, -0.05) is 38.3 Å². The number of benzene rings is 1. The molecule has 3 rings (SSSR count). The number of nitrogens with one attached hydrogen (secondary N) is 1. The van der Waals surface area contributed by atoms with Crippen molar-refractivity contribution in [3.8, 4) is 0 Å². The predicted octanol–water partition coefficient (Wildman–Crippen LogP) is 4.98. The zero-order valence-electron chi connectivity index (χ0n) is 11.8. The molecule has 1 aliphatic rings. The van der Waals surface area contributed by atoms with Crippen LogP contribution in [0.5, 0.6) is 0 Å². The number of hydrogen-bond donors (Lipinski definition) is 1. The second-order valence-corrected chi connectivity index (χ2v) is 6.75. The molecule has 1 N–H and O–H groups in total. The molecule has 0 spiro atoms. The number of hydrogen-bond acceptors (Lipinski definition) is 1. The molecular weight excluding hydrogens is 252 g/mol. The maximum Gasteiger partial charge on any atom is 0.178 e. The molecule has 0 amide bonds. The van der Waals surface area contributed by atoms with Crippen molar-refractivity contribution in [2.45, 2.75) is 52.5 Å². The molecule has 0 bridgehead atoms. The van der Waals surface area contributed by atoms with E-state index in [-0.39, 0.29) is 0 Å². The van der Waals surface area contributed by atoms with Crippen LogP contribution in [0.2, 0.25) is 0 Å². The number of nitrogens with zero attached hydrogens (tertiary/aromatic N) is 1. The molecule has 0 saturated heterocycles. The van der Waals surface area contributed by atoms with Crippen LogP contribution in [-0.2, 0) is 6.54 Å². The van der Waals surface area contributed by atoms with E-state index in [1.165, 1.54) is 48.7 Å². The maximum atomic E-state index is 5.54. The number of aromatic nitrogens is 2. The van der Waals surface area contributed by atoms with E-state index in [0.29, 0.717) is 5.41 Å². The summed E-state index contributed by atoms with van der Waals surface area (Å²) >= 11 is 5.54. The van der Waals surface area contributed by atoms with Gasteiger partial charge in [0.15, 0.2) is 4.77 Å². The minimum Gasteiger partial charge on any atom is -0.331 e. The Kier molecular flexibility index (Phi) is 3.25. The van der Waals surface area contributed by atoms with Crippen molar-refractivity contribution in [2.75, 3.05) is 0 Å². The van der Waals surface area contributed by atoms with Crippen LogP contribution in [0.3, 0.4) is 0 Å². The van der Waals surface area contributed by atoms with Gasteiger partial charge in [-0.05, 0) is 49.0 Å². The Labute approximate surface area is 119 Å². The average molecular weight is 274 g/mol.